The van der Waals surface area contributed by atoms with Crippen LogP contribution in [-0.2, 0) is 6.61 Å². The van der Waals surface area contributed by atoms with Crippen LogP contribution < -0.4 is 4.74 Å². The Balaban J connectivity index is 1.55. The molecule has 0 N–H and O–H groups in total. The molecular formula is C22H22FNO2. The van der Waals surface area contributed by atoms with E-state index in [1.807, 2.05) is 37.3 Å². The second-order valence-electron chi connectivity index (χ2n) is 6.93. The number of oxazole rings is 1. The molecule has 4 heteroatoms. The van der Waals surface area contributed by atoms with Gasteiger partial charge in [-0.2, -0.15) is 0 Å². The fourth-order valence-corrected chi connectivity index (χ4v) is 3.59. The first-order valence-electron chi connectivity index (χ1n) is 9.13. The maximum atomic E-state index is 14.4. The van der Waals surface area contributed by atoms with Crippen LogP contribution in [0.3, 0.4) is 0 Å². The topological polar surface area (TPSA) is 35.3 Å². The number of ether oxygens (including phenoxy) is 1. The molecule has 3 aromatic rings. The highest BCUT2D eigenvalue weighted by Crippen LogP contribution is 2.35. The molecule has 1 saturated carbocycles. The lowest BCUT2D eigenvalue weighted by Crippen LogP contribution is -2.01. The molecular weight excluding hydrogens is 329 g/mol. The number of aromatic nitrogens is 1. The Hall–Kier alpha value is -2.62. The number of hydrogen-bond donors (Lipinski definition) is 0. The summed E-state index contributed by atoms with van der Waals surface area (Å²) in [6.07, 6.45) is 6.35. The summed E-state index contributed by atoms with van der Waals surface area (Å²) in [5.41, 5.74) is 3.50. The molecule has 0 spiro atoms. The van der Waals surface area contributed by atoms with Crippen LogP contribution in [0.1, 0.15) is 48.7 Å². The molecule has 1 fully saturated rings. The van der Waals surface area contributed by atoms with Crippen LogP contribution in [0.4, 0.5) is 4.39 Å². The molecule has 4 rings (SSSR count). The van der Waals surface area contributed by atoms with Gasteiger partial charge >= 0.3 is 0 Å². The molecule has 0 atom stereocenters. The Labute approximate surface area is 152 Å². The summed E-state index contributed by atoms with van der Waals surface area (Å²) in [6, 6.07) is 13.0. The van der Waals surface area contributed by atoms with Gasteiger partial charge in [-0.15, -0.1) is 0 Å². The van der Waals surface area contributed by atoms with E-state index in [9.17, 15) is 4.39 Å². The van der Waals surface area contributed by atoms with E-state index >= 15 is 0 Å². The largest absolute Gasteiger partial charge is 0.483 e. The van der Waals surface area contributed by atoms with E-state index in [2.05, 4.69) is 4.98 Å². The van der Waals surface area contributed by atoms with Crippen molar-refractivity contribution in [2.45, 2.75) is 45.1 Å². The summed E-state index contributed by atoms with van der Waals surface area (Å²) in [5.74, 6) is 1.08. The Morgan fingerprint density at radius 2 is 1.96 bits per heavy atom. The summed E-state index contributed by atoms with van der Waals surface area (Å²) in [6.45, 7) is 2.21. The first-order valence-corrected chi connectivity index (χ1v) is 9.13. The number of nitrogens with zero attached hydrogens (tertiary/aromatic N) is 1. The van der Waals surface area contributed by atoms with Crippen LogP contribution in [-0.4, -0.2) is 4.98 Å². The highest BCUT2D eigenvalue weighted by molar-refractivity contribution is 5.71. The average Bonchev–Trinajstić information content (AvgIpc) is 3.32. The maximum Gasteiger partial charge on any atom is 0.197 e. The quantitative estimate of drug-likeness (QED) is 0.563. The average molecular weight is 351 g/mol. The van der Waals surface area contributed by atoms with E-state index in [0.29, 0.717) is 11.6 Å². The van der Waals surface area contributed by atoms with Crippen molar-refractivity contribution in [2.24, 2.45) is 0 Å². The summed E-state index contributed by atoms with van der Waals surface area (Å²) >= 11 is 0. The molecule has 0 unspecified atom stereocenters. The third-order valence-corrected chi connectivity index (χ3v) is 4.93. The first kappa shape index (κ1) is 16.8. The second kappa shape index (κ2) is 7.32. The number of benzene rings is 2. The molecule has 0 saturated heterocycles. The van der Waals surface area contributed by atoms with E-state index in [4.69, 9.17) is 9.15 Å². The van der Waals surface area contributed by atoms with Gasteiger partial charge in [-0.1, -0.05) is 54.8 Å². The SMILES string of the molecule is Cc1cccc(-c2cccc(F)c2OCc2coc(C3CCCC3)n2)c1. The van der Waals surface area contributed by atoms with Gasteiger partial charge in [-0.25, -0.2) is 9.37 Å². The van der Waals surface area contributed by atoms with E-state index in [-0.39, 0.29) is 18.2 Å². The van der Waals surface area contributed by atoms with Crippen molar-refractivity contribution < 1.29 is 13.5 Å². The number of halogens is 1. The van der Waals surface area contributed by atoms with Gasteiger partial charge < -0.3 is 9.15 Å². The fourth-order valence-electron chi connectivity index (χ4n) is 3.59. The van der Waals surface area contributed by atoms with E-state index in [0.717, 1.165) is 35.4 Å². The first-order chi connectivity index (χ1) is 12.7. The van der Waals surface area contributed by atoms with Crippen LogP contribution in [0.2, 0.25) is 0 Å². The summed E-state index contributed by atoms with van der Waals surface area (Å²) in [5, 5.41) is 0. The van der Waals surface area contributed by atoms with Crippen LogP contribution in [0, 0.1) is 12.7 Å². The van der Waals surface area contributed by atoms with Gasteiger partial charge in [0.15, 0.2) is 17.5 Å². The number of para-hydroxylation sites is 1. The lowest BCUT2D eigenvalue weighted by atomic mass is 10.0. The van der Waals surface area contributed by atoms with Gasteiger partial charge in [0.05, 0.1) is 0 Å². The molecule has 0 bridgehead atoms. The molecule has 2 aromatic carbocycles. The lowest BCUT2D eigenvalue weighted by Gasteiger charge is -2.12. The van der Waals surface area contributed by atoms with Crippen molar-refractivity contribution in [2.75, 3.05) is 0 Å². The molecule has 3 nitrogen and oxygen atoms in total. The van der Waals surface area contributed by atoms with Gasteiger partial charge in [0, 0.05) is 11.5 Å². The monoisotopic (exact) mass is 351 g/mol. The molecule has 1 aliphatic carbocycles. The zero-order chi connectivity index (χ0) is 17.9. The minimum atomic E-state index is -0.372. The van der Waals surface area contributed by atoms with E-state index in [1.165, 1.54) is 18.9 Å². The zero-order valence-corrected chi connectivity index (χ0v) is 14.9. The molecule has 0 amide bonds. The van der Waals surface area contributed by atoms with E-state index in [1.54, 1.807) is 12.3 Å². The standard InChI is InChI=1S/C22H22FNO2/c1-15-6-4-9-17(12-15)19-10-5-11-20(23)21(19)25-13-18-14-26-22(24-18)16-7-2-3-8-16/h4-6,9-12,14,16H,2-3,7-8,13H2,1H3. The molecule has 26 heavy (non-hydrogen) atoms. The Morgan fingerprint density at radius 1 is 1.15 bits per heavy atom. The van der Waals surface area contributed by atoms with Gasteiger partial charge in [-0.05, 0) is 31.4 Å². The predicted octanol–water partition coefficient (Wildman–Crippen LogP) is 6.03. The molecule has 0 radical (unpaired) electrons. The smallest absolute Gasteiger partial charge is 0.197 e. The molecule has 1 heterocycles. The number of aryl methyl sites for hydroxylation is 1. The van der Waals surface area contributed by atoms with Crippen LogP contribution in [0.15, 0.2) is 53.1 Å². The zero-order valence-electron chi connectivity index (χ0n) is 14.9. The van der Waals surface area contributed by atoms with Crippen LogP contribution in [0.25, 0.3) is 11.1 Å². The minimum absolute atomic E-state index is 0.190. The van der Waals surface area contributed by atoms with Gasteiger partial charge in [0.25, 0.3) is 0 Å². The maximum absolute atomic E-state index is 14.4. The van der Waals surface area contributed by atoms with Crippen molar-refractivity contribution in [3.05, 3.63) is 71.7 Å². The predicted molar refractivity (Wildman–Crippen MR) is 98.6 cm³/mol. The van der Waals surface area contributed by atoms with Crippen molar-refractivity contribution in [1.29, 1.82) is 0 Å². The Kier molecular flexibility index (Phi) is 4.74. The summed E-state index contributed by atoms with van der Waals surface area (Å²) < 4.78 is 25.9. The Bertz CT molecular complexity index is 897. The molecule has 134 valence electrons. The number of hydrogen-bond acceptors (Lipinski definition) is 3. The van der Waals surface area contributed by atoms with Crippen molar-refractivity contribution in [3.63, 3.8) is 0 Å². The molecule has 1 aliphatic rings. The van der Waals surface area contributed by atoms with Crippen molar-refractivity contribution in [1.82, 2.24) is 4.98 Å². The minimum Gasteiger partial charge on any atom is -0.483 e. The summed E-state index contributed by atoms with van der Waals surface area (Å²) in [7, 11) is 0. The summed E-state index contributed by atoms with van der Waals surface area (Å²) in [4.78, 5) is 4.54. The molecule has 0 aliphatic heterocycles. The number of rotatable bonds is 5. The third kappa shape index (κ3) is 3.50. The normalized spacial score (nSPS) is 14.7. The highest BCUT2D eigenvalue weighted by atomic mass is 19.1. The third-order valence-electron chi connectivity index (χ3n) is 4.93. The van der Waals surface area contributed by atoms with Gasteiger partial charge in [0.1, 0.15) is 18.6 Å². The fraction of sp³-hybridized carbons (Fsp3) is 0.318. The highest BCUT2D eigenvalue weighted by Gasteiger charge is 2.22. The second-order valence-corrected chi connectivity index (χ2v) is 6.93. The lowest BCUT2D eigenvalue weighted by molar-refractivity contribution is 0.287. The van der Waals surface area contributed by atoms with Crippen molar-refractivity contribution in [3.8, 4) is 16.9 Å². The molecule has 1 aromatic heterocycles. The van der Waals surface area contributed by atoms with Crippen LogP contribution in [0.5, 0.6) is 5.75 Å². The van der Waals surface area contributed by atoms with Gasteiger partial charge in [-0.3, -0.25) is 0 Å². The van der Waals surface area contributed by atoms with Gasteiger partial charge in [0.2, 0.25) is 0 Å². The van der Waals surface area contributed by atoms with Crippen molar-refractivity contribution >= 4 is 0 Å². The Morgan fingerprint density at radius 3 is 2.77 bits per heavy atom. The van der Waals surface area contributed by atoms with E-state index < -0.39 is 0 Å². The van der Waals surface area contributed by atoms with Crippen LogP contribution >= 0.6 is 0 Å².